The molecule has 0 saturated heterocycles. The third-order valence-corrected chi connectivity index (χ3v) is 3.87. The Balaban J connectivity index is 1.87. The summed E-state index contributed by atoms with van der Waals surface area (Å²) >= 11 is 0. The number of hydrogen-bond donors (Lipinski definition) is 2. The van der Waals surface area contributed by atoms with Gasteiger partial charge >= 0.3 is 5.97 Å². The molecule has 7 nitrogen and oxygen atoms in total. The standard InChI is InChI=1S/C19H26N4O3/c1-5-20-19(22-12-17-23-13(2)14(3)26-17)21-11-10-15-6-8-16(9-7-15)18(24)25-4/h6-9H,5,10-12H2,1-4H3,(H2,20,21,22). The number of esters is 1. The van der Waals surface area contributed by atoms with Crippen LogP contribution in [0.25, 0.3) is 0 Å². The first kappa shape index (κ1) is 19.5. The lowest BCUT2D eigenvalue weighted by molar-refractivity contribution is 0.0600. The van der Waals surface area contributed by atoms with Gasteiger partial charge in [0.05, 0.1) is 18.4 Å². The largest absolute Gasteiger partial charge is 0.465 e. The van der Waals surface area contributed by atoms with E-state index in [0.717, 1.165) is 30.0 Å². The molecule has 140 valence electrons. The Morgan fingerprint density at radius 1 is 1.23 bits per heavy atom. The van der Waals surface area contributed by atoms with Gasteiger partial charge in [0.2, 0.25) is 5.89 Å². The first-order valence-corrected chi connectivity index (χ1v) is 8.65. The number of aromatic nitrogens is 1. The molecule has 0 amide bonds. The minimum atomic E-state index is -0.326. The Bertz CT molecular complexity index is 731. The van der Waals surface area contributed by atoms with Crippen molar-refractivity contribution in [3.05, 3.63) is 52.7 Å². The van der Waals surface area contributed by atoms with Gasteiger partial charge in [-0.05, 0) is 44.9 Å². The Kier molecular flexibility index (Phi) is 7.20. The van der Waals surface area contributed by atoms with Gasteiger partial charge in [-0.2, -0.15) is 0 Å². The molecule has 0 spiro atoms. The van der Waals surface area contributed by atoms with Gasteiger partial charge in [-0.25, -0.2) is 14.8 Å². The van der Waals surface area contributed by atoms with E-state index in [2.05, 4.69) is 20.6 Å². The molecule has 26 heavy (non-hydrogen) atoms. The number of methoxy groups -OCH3 is 1. The van der Waals surface area contributed by atoms with Crippen molar-refractivity contribution in [1.82, 2.24) is 15.6 Å². The molecular weight excluding hydrogens is 332 g/mol. The zero-order chi connectivity index (χ0) is 18.9. The molecule has 0 aliphatic rings. The fraction of sp³-hybridized carbons (Fsp3) is 0.421. The minimum absolute atomic E-state index is 0.326. The summed E-state index contributed by atoms with van der Waals surface area (Å²) in [6, 6.07) is 7.40. The summed E-state index contributed by atoms with van der Waals surface area (Å²) in [7, 11) is 1.38. The van der Waals surface area contributed by atoms with E-state index in [1.165, 1.54) is 7.11 Å². The second kappa shape index (κ2) is 9.60. The van der Waals surface area contributed by atoms with Crippen molar-refractivity contribution in [3.63, 3.8) is 0 Å². The van der Waals surface area contributed by atoms with E-state index in [1.807, 2.05) is 32.9 Å². The molecule has 0 radical (unpaired) electrons. The van der Waals surface area contributed by atoms with Crippen LogP contribution >= 0.6 is 0 Å². The number of oxazole rings is 1. The van der Waals surface area contributed by atoms with Crippen molar-refractivity contribution >= 4 is 11.9 Å². The highest BCUT2D eigenvalue weighted by Crippen LogP contribution is 2.09. The van der Waals surface area contributed by atoms with Crippen molar-refractivity contribution in [2.24, 2.45) is 4.99 Å². The number of nitrogens with one attached hydrogen (secondary N) is 2. The Morgan fingerprint density at radius 3 is 2.54 bits per heavy atom. The molecule has 1 aromatic heterocycles. The number of rotatable bonds is 7. The van der Waals surface area contributed by atoms with Crippen molar-refractivity contribution in [3.8, 4) is 0 Å². The quantitative estimate of drug-likeness (QED) is 0.449. The highest BCUT2D eigenvalue weighted by Gasteiger charge is 2.06. The van der Waals surface area contributed by atoms with E-state index in [0.29, 0.717) is 30.5 Å². The maximum atomic E-state index is 11.4. The number of aliphatic imine (C=N–C) groups is 1. The zero-order valence-electron chi connectivity index (χ0n) is 15.8. The summed E-state index contributed by atoms with van der Waals surface area (Å²) in [5.74, 6) is 1.82. The van der Waals surface area contributed by atoms with Crippen LogP contribution in [0.2, 0.25) is 0 Å². The van der Waals surface area contributed by atoms with E-state index in [1.54, 1.807) is 12.1 Å². The number of nitrogens with zero attached hydrogens (tertiary/aromatic N) is 2. The van der Waals surface area contributed by atoms with Crippen LogP contribution in [0.1, 0.15) is 40.2 Å². The van der Waals surface area contributed by atoms with Gasteiger partial charge in [-0.1, -0.05) is 12.1 Å². The number of hydrogen-bond acceptors (Lipinski definition) is 5. The Morgan fingerprint density at radius 2 is 1.96 bits per heavy atom. The molecule has 0 aliphatic heterocycles. The van der Waals surface area contributed by atoms with Crippen LogP contribution in [-0.4, -0.2) is 37.1 Å². The molecule has 0 saturated carbocycles. The average molecular weight is 358 g/mol. The molecule has 2 aromatic rings. The molecule has 0 aliphatic carbocycles. The minimum Gasteiger partial charge on any atom is -0.465 e. The van der Waals surface area contributed by atoms with Crippen molar-refractivity contribution in [2.45, 2.75) is 33.7 Å². The van der Waals surface area contributed by atoms with Crippen molar-refractivity contribution < 1.29 is 13.9 Å². The van der Waals surface area contributed by atoms with Gasteiger partial charge in [0.1, 0.15) is 12.3 Å². The number of carbonyl (C=O) groups is 1. The van der Waals surface area contributed by atoms with E-state index in [9.17, 15) is 4.79 Å². The molecule has 1 heterocycles. The number of carbonyl (C=O) groups excluding carboxylic acids is 1. The second-order valence-corrected chi connectivity index (χ2v) is 5.81. The number of guanidine groups is 1. The second-order valence-electron chi connectivity index (χ2n) is 5.81. The average Bonchev–Trinajstić information content (AvgIpc) is 2.97. The predicted octanol–water partition coefficient (Wildman–Crippen LogP) is 2.38. The maximum absolute atomic E-state index is 11.4. The SMILES string of the molecule is CCNC(=NCc1nc(C)c(C)o1)NCCc1ccc(C(=O)OC)cc1. The van der Waals surface area contributed by atoms with Gasteiger partial charge in [0, 0.05) is 13.1 Å². The van der Waals surface area contributed by atoms with E-state index >= 15 is 0 Å². The lowest BCUT2D eigenvalue weighted by atomic mass is 10.1. The van der Waals surface area contributed by atoms with Crippen LogP contribution in [0, 0.1) is 13.8 Å². The van der Waals surface area contributed by atoms with E-state index in [4.69, 9.17) is 9.15 Å². The number of benzene rings is 1. The highest BCUT2D eigenvalue weighted by molar-refractivity contribution is 5.89. The third-order valence-electron chi connectivity index (χ3n) is 3.87. The number of ether oxygens (including phenoxy) is 1. The summed E-state index contributed by atoms with van der Waals surface area (Å²) in [5.41, 5.74) is 2.57. The van der Waals surface area contributed by atoms with Crippen LogP contribution in [0.4, 0.5) is 0 Å². The van der Waals surface area contributed by atoms with Crippen molar-refractivity contribution in [1.29, 1.82) is 0 Å². The molecule has 2 N–H and O–H groups in total. The third kappa shape index (κ3) is 5.61. The van der Waals surface area contributed by atoms with Gasteiger partial charge in [0.25, 0.3) is 0 Å². The topological polar surface area (TPSA) is 88.8 Å². The maximum Gasteiger partial charge on any atom is 0.337 e. The highest BCUT2D eigenvalue weighted by atomic mass is 16.5. The molecule has 7 heteroatoms. The summed E-state index contributed by atoms with van der Waals surface area (Å²) in [6.07, 6.45) is 0.809. The monoisotopic (exact) mass is 358 g/mol. The number of aryl methyl sites for hydroxylation is 2. The fourth-order valence-electron chi connectivity index (χ4n) is 2.35. The summed E-state index contributed by atoms with van der Waals surface area (Å²) in [6.45, 7) is 7.70. The Hall–Kier alpha value is -2.83. The van der Waals surface area contributed by atoms with E-state index < -0.39 is 0 Å². The zero-order valence-corrected chi connectivity index (χ0v) is 15.8. The van der Waals surface area contributed by atoms with Gasteiger partial charge in [-0.15, -0.1) is 0 Å². The molecule has 1 aromatic carbocycles. The lowest BCUT2D eigenvalue weighted by Gasteiger charge is -2.11. The van der Waals surface area contributed by atoms with Gasteiger partial charge < -0.3 is 19.8 Å². The fourth-order valence-corrected chi connectivity index (χ4v) is 2.35. The van der Waals surface area contributed by atoms with Gasteiger partial charge in [-0.3, -0.25) is 0 Å². The molecule has 0 atom stereocenters. The molecule has 2 rings (SSSR count). The summed E-state index contributed by atoms with van der Waals surface area (Å²) < 4.78 is 10.2. The molecule has 0 bridgehead atoms. The van der Waals surface area contributed by atoms with Crippen LogP contribution in [0.5, 0.6) is 0 Å². The van der Waals surface area contributed by atoms with Crippen LogP contribution in [0.15, 0.2) is 33.7 Å². The summed E-state index contributed by atoms with van der Waals surface area (Å²) in [4.78, 5) is 20.3. The normalized spacial score (nSPS) is 11.3. The predicted molar refractivity (Wildman–Crippen MR) is 100 cm³/mol. The van der Waals surface area contributed by atoms with E-state index in [-0.39, 0.29) is 5.97 Å². The summed E-state index contributed by atoms with van der Waals surface area (Å²) in [5, 5.41) is 6.49. The first-order chi connectivity index (χ1) is 12.5. The van der Waals surface area contributed by atoms with Crippen molar-refractivity contribution in [2.75, 3.05) is 20.2 Å². The lowest BCUT2D eigenvalue weighted by Crippen LogP contribution is -2.38. The molecule has 0 unspecified atom stereocenters. The molecule has 0 fully saturated rings. The van der Waals surface area contributed by atoms with Gasteiger partial charge in [0.15, 0.2) is 5.96 Å². The van der Waals surface area contributed by atoms with Crippen LogP contribution in [0.3, 0.4) is 0 Å². The first-order valence-electron chi connectivity index (χ1n) is 8.65. The molecular formula is C19H26N4O3. The Labute approximate surface area is 153 Å². The van der Waals surface area contributed by atoms with Crippen LogP contribution < -0.4 is 10.6 Å². The smallest absolute Gasteiger partial charge is 0.337 e. The van der Waals surface area contributed by atoms with Crippen LogP contribution in [-0.2, 0) is 17.7 Å².